The summed E-state index contributed by atoms with van der Waals surface area (Å²) in [5, 5.41) is 4.31. The van der Waals surface area contributed by atoms with Gasteiger partial charge in [-0.3, -0.25) is 0 Å². The lowest BCUT2D eigenvalue weighted by Gasteiger charge is -2.56. The molecule has 2 aromatic heterocycles. The molecule has 5 aliphatic rings. The lowest BCUT2D eigenvalue weighted by molar-refractivity contribution is -0.169. The Labute approximate surface area is 222 Å². The number of H-pyrrole nitrogens is 1. The van der Waals surface area contributed by atoms with Crippen LogP contribution in [-0.4, -0.2) is 38.8 Å². The summed E-state index contributed by atoms with van der Waals surface area (Å²) in [6.45, 7) is 0.489. The third-order valence-electron chi connectivity index (χ3n) is 9.46. The molecular weight excluding hydrogens is 480 g/mol. The van der Waals surface area contributed by atoms with Gasteiger partial charge in [-0.2, -0.15) is 4.98 Å². The number of benzene rings is 1. The van der Waals surface area contributed by atoms with Gasteiger partial charge in [0, 0.05) is 11.5 Å². The smallest absolute Gasteiger partial charge is 0.337 e. The van der Waals surface area contributed by atoms with Crippen LogP contribution < -0.4 is 0 Å². The molecule has 1 N–H and O–H groups in total. The molecule has 1 aromatic carbocycles. The molecule has 0 aliphatic heterocycles. The summed E-state index contributed by atoms with van der Waals surface area (Å²) in [5.41, 5.74) is 2.78. The number of imidazole rings is 1. The lowest BCUT2D eigenvalue weighted by atomic mass is 9.54. The van der Waals surface area contributed by atoms with E-state index < -0.39 is 5.97 Å². The molecule has 8 heteroatoms. The zero-order chi connectivity index (χ0) is 25.7. The molecule has 8 nitrogen and oxygen atoms in total. The minimum absolute atomic E-state index is 0.0128. The maximum absolute atomic E-state index is 12.0. The molecule has 38 heavy (non-hydrogen) atoms. The highest BCUT2D eigenvalue weighted by Gasteiger charge is 2.51. The number of nitrogens with zero attached hydrogens (tertiary/aromatic N) is 3. The van der Waals surface area contributed by atoms with Gasteiger partial charge in [0.15, 0.2) is 0 Å². The Morgan fingerprint density at radius 1 is 1.05 bits per heavy atom. The van der Waals surface area contributed by atoms with E-state index in [9.17, 15) is 4.79 Å². The van der Waals surface area contributed by atoms with Gasteiger partial charge in [-0.1, -0.05) is 30.5 Å². The second-order valence-corrected chi connectivity index (χ2v) is 12.2. The number of hydrogen-bond donors (Lipinski definition) is 1. The summed E-state index contributed by atoms with van der Waals surface area (Å²) in [6, 6.07) is 7.04. The molecule has 5 fully saturated rings. The highest BCUT2D eigenvalue weighted by molar-refractivity contribution is 5.90. The Kier molecular flexibility index (Phi) is 6.10. The number of carbonyl (C=O) groups excluding carboxylic acids is 1. The monoisotopic (exact) mass is 516 g/mol. The summed E-state index contributed by atoms with van der Waals surface area (Å²) in [5.74, 6) is 4.34. The number of aromatic amines is 1. The van der Waals surface area contributed by atoms with Gasteiger partial charge < -0.3 is 19.0 Å². The van der Waals surface area contributed by atoms with Gasteiger partial charge in [0.25, 0.3) is 5.89 Å². The van der Waals surface area contributed by atoms with Crippen LogP contribution in [0.25, 0.3) is 23.0 Å². The quantitative estimate of drug-likeness (QED) is 0.360. The SMILES string of the molecule is COC(=O)c1cccc(-c2nc(-c3nc(C4CCCCC4)[nH]c3COC34CC5CC(CC(C5)C3)C4)no2)c1. The highest BCUT2D eigenvalue weighted by Crippen LogP contribution is 2.57. The number of methoxy groups -OCH3 is 1. The van der Waals surface area contributed by atoms with Gasteiger partial charge in [0.1, 0.15) is 11.5 Å². The Balaban J connectivity index is 1.18. The van der Waals surface area contributed by atoms with Crippen LogP contribution in [-0.2, 0) is 16.1 Å². The van der Waals surface area contributed by atoms with Gasteiger partial charge in [-0.15, -0.1) is 0 Å². The van der Waals surface area contributed by atoms with Gasteiger partial charge in [0.05, 0.1) is 30.6 Å². The first kappa shape index (κ1) is 24.1. The number of carbonyl (C=O) groups is 1. The van der Waals surface area contributed by atoms with Crippen molar-refractivity contribution < 1.29 is 18.8 Å². The first-order chi connectivity index (χ1) is 18.6. The van der Waals surface area contributed by atoms with Crippen molar-refractivity contribution in [2.45, 2.75) is 88.8 Å². The maximum Gasteiger partial charge on any atom is 0.337 e. The molecule has 0 unspecified atom stereocenters. The minimum Gasteiger partial charge on any atom is -0.465 e. The predicted molar refractivity (Wildman–Crippen MR) is 140 cm³/mol. The number of hydrogen-bond acceptors (Lipinski definition) is 7. The van der Waals surface area contributed by atoms with E-state index in [0.29, 0.717) is 35.4 Å². The molecule has 0 spiro atoms. The van der Waals surface area contributed by atoms with Crippen LogP contribution in [0.2, 0.25) is 0 Å². The van der Waals surface area contributed by atoms with Crippen molar-refractivity contribution >= 4 is 5.97 Å². The molecule has 0 radical (unpaired) electrons. The Morgan fingerprint density at radius 2 is 1.79 bits per heavy atom. The number of ether oxygens (including phenoxy) is 2. The first-order valence-electron chi connectivity index (χ1n) is 14.3. The molecule has 200 valence electrons. The fourth-order valence-electron chi connectivity index (χ4n) is 8.06. The third kappa shape index (κ3) is 4.46. The van der Waals surface area contributed by atoms with Gasteiger partial charge in [-0.25, -0.2) is 9.78 Å². The third-order valence-corrected chi connectivity index (χ3v) is 9.46. The summed E-state index contributed by atoms with van der Waals surface area (Å²) in [4.78, 5) is 25.4. The van der Waals surface area contributed by atoms with Crippen molar-refractivity contribution in [3.63, 3.8) is 0 Å². The first-order valence-corrected chi connectivity index (χ1v) is 14.3. The van der Waals surface area contributed by atoms with E-state index in [0.717, 1.165) is 47.8 Å². The average Bonchev–Trinajstić information content (AvgIpc) is 3.59. The second kappa shape index (κ2) is 9.63. The van der Waals surface area contributed by atoms with Crippen molar-refractivity contribution in [3.8, 4) is 23.0 Å². The maximum atomic E-state index is 12.0. The molecular formula is C30H36N4O4. The van der Waals surface area contributed by atoms with Gasteiger partial charge in [0.2, 0.25) is 5.82 Å². The minimum atomic E-state index is -0.403. The molecule has 0 atom stereocenters. The molecule has 8 rings (SSSR count). The molecule has 0 saturated heterocycles. The normalized spacial score (nSPS) is 28.6. The van der Waals surface area contributed by atoms with Crippen molar-refractivity contribution in [2.24, 2.45) is 17.8 Å². The van der Waals surface area contributed by atoms with Crippen LogP contribution in [0.4, 0.5) is 0 Å². The Hall–Kier alpha value is -3.00. The highest BCUT2D eigenvalue weighted by atomic mass is 16.5. The molecule has 5 saturated carbocycles. The molecule has 3 aromatic rings. The standard InChI is InChI=1S/C30H36N4O4/c1-36-29(35)23-9-5-8-22(13-23)28-33-27(34-38-28)25-24(31-26(32-25)21-6-3-2-4-7-21)17-37-30-14-18-10-19(15-30)12-20(11-18)16-30/h5,8-9,13,18-21H,2-4,6-7,10-12,14-17H2,1H3,(H,31,32). The van der Waals surface area contributed by atoms with Crippen LogP contribution in [0.3, 0.4) is 0 Å². The number of nitrogens with one attached hydrogen (secondary N) is 1. The van der Waals surface area contributed by atoms with Crippen LogP contribution in [0.5, 0.6) is 0 Å². The van der Waals surface area contributed by atoms with E-state index in [-0.39, 0.29) is 5.60 Å². The number of rotatable bonds is 7. The van der Waals surface area contributed by atoms with E-state index in [1.54, 1.807) is 18.2 Å². The largest absolute Gasteiger partial charge is 0.465 e. The van der Waals surface area contributed by atoms with E-state index in [1.165, 1.54) is 64.9 Å². The summed E-state index contributed by atoms with van der Waals surface area (Å²) in [7, 11) is 1.37. The Morgan fingerprint density at radius 3 is 2.50 bits per heavy atom. The molecule has 2 heterocycles. The fourth-order valence-corrected chi connectivity index (χ4v) is 8.06. The summed E-state index contributed by atoms with van der Waals surface area (Å²) >= 11 is 0. The van der Waals surface area contributed by atoms with Crippen molar-refractivity contribution in [1.82, 2.24) is 20.1 Å². The number of aromatic nitrogens is 4. The molecule has 5 aliphatic carbocycles. The fraction of sp³-hybridized carbons (Fsp3) is 0.600. The lowest BCUT2D eigenvalue weighted by Crippen LogP contribution is -2.51. The van der Waals surface area contributed by atoms with Crippen molar-refractivity contribution in [3.05, 3.63) is 41.3 Å². The van der Waals surface area contributed by atoms with E-state index in [1.807, 2.05) is 6.07 Å². The predicted octanol–water partition coefficient (Wildman–Crippen LogP) is 6.45. The van der Waals surface area contributed by atoms with Crippen LogP contribution >= 0.6 is 0 Å². The molecule has 0 amide bonds. The van der Waals surface area contributed by atoms with Crippen LogP contribution in [0.15, 0.2) is 28.8 Å². The zero-order valence-electron chi connectivity index (χ0n) is 22.1. The van der Waals surface area contributed by atoms with Crippen LogP contribution in [0.1, 0.15) is 98.4 Å². The van der Waals surface area contributed by atoms with Crippen molar-refractivity contribution in [1.29, 1.82) is 0 Å². The number of esters is 1. The van der Waals surface area contributed by atoms with E-state index >= 15 is 0 Å². The Bertz CT molecular complexity index is 1290. The zero-order valence-corrected chi connectivity index (χ0v) is 22.1. The van der Waals surface area contributed by atoms with Crippen molar-refractivity contribution in [2.75, 3.05) is 7.11 Å². The van der Waals surface area contributed by atoms with E-state index in [2.05, 4.69) is 10.1 Å². The van der Waals surface area contributed by atoms with Crippen LogP contribution in [0, 0.1) is 17.8 Å². The van der Waals surface area contributed by atoms with Gasteiger partial charge in [-0.05, 0) is 87.3 Å². The second-order valence-electron chi connectivity index (χ2n) is 12.2. The summed E-state index contributed by atoms with van der Waals surface area (Å²) in [6.07, 6.45) is 13.9. The topological polar surface area (TPSA) is 103 Å². The van der Waals surface area contributed by atoms with E-state index in [4.69, 9.17) is 24.0 Å². The summed E-state index contributed by atoms with van der Waals surface area (Å²) < 4.78 is 17.3. The van der Waals surface area contributed by atoms with Gasteiger partial charge >= 0.3 is 5.97 Å². The average molecular weight is 517 g/mol. The molecule has 4 bridgehead atoms.